The number of urea groups is 1. The van der Waals surface area contributed by atoms with E-state index in [0.29, 0.717) is 36.2 Å². The number of carbonyl (C=O) groups excluding carboxylic acids is 2. The van der Waals surface area contributed by atoms with Gasteiger partial charge in [-0.2, -0.15) is 0 Å². The molecule has 0 bridgehead atoms. The van der Waals surface area contributed by atoms with Crippen molar-refractivity contribution in [3.05, 3.63) is 83.7 Å². The zero-order chi connectivity index (χ0) is 28.7. The fourth-order valence-electron chi connectivity index (χ4n) is 4.57. The van der Waals surface area contributed by atoms with Gasteiger partial charge in [-0.3, -0.25) is 0 Å². The maximum Gasteiger partial charge on any atom is 0.340 e. The van der Waals surface area contributed by atoms with Crippen molar-refractivity contribution in [2.24, 2.45) is 0 Å². The topological polar surface area (TPSA) is 119 Å². The number of hydrogen-bond donors (Lipinski definition) is 2. The fraction of sp³-hybridized carbons (Fsp3) is 0.300. The van der Waals surface area contributed by atoms with Gasteiger partial charge in [-0.05, 0) is 42.2 Å². The van der Waals surface area contributed by atoms with E-state index in [4.69, 9.17) is 9.72 Å². The third-order valence-electron chi connectivity index (χ3n) is 6.55. The third kappa shape index (κ3) is 6.34. The van der Waals surface area contributed by atoms with Crippen molar-refractivity contribution >= 4 is 33.1 Å². The summed E-state index contributed by atoms with van der Waals surface area (Å²) >= 11 is 0. The lowest BCUT2D eigenvalue weighted by Gasteiger charge is -2.14. The largest absolute Gasteiger partial charge is 0.465 e. The average molecular weight is 563 g/mol. The van der Waals surface area contributed by atoms with E-state index in [1.54, 1.807) is 30.3 Å². The summed E-state index contributed by atoms with van der Waals surface area (Å²) in [5, 5.41) is 2.52. The lowest BCUT2D eigenvalue weighted by Crippen LogP contribution is -2.39. The second-order valence-corrected chi connectivity index (χ2v) is 11.1. The molecule has 210 valence electrons. The number of imidazole rings is 1. The molecule has 40 heavy (non-hydrogen) atoms. The first-order chi connectivity index (χ1) is 19.3. The van der Waals surface area contributed by atoms with Crippen LogP contribution in [0.15, 0.2) is 71.6 Å². The number of esters is 1. The Balaban J connectivity index is 1.67. The minimum absolute atomic E-state index is 0.0135. The normalized spacial score (nSPS) is 11.4. The lowest BCUT2D eigenvalue weighted by molar-refractivity contribution is 0.0602. The number of carbonyl (C=O) groups is 2. The van der Waals surface area contributed by atoms with Crippen molar-refractivity contribution in [2.75, 3.05) is 13.7 Å². The second kappa shape index (κ2) is 12.8. The van der Waals surface area contributed by atoms with Crippen molar-refractivity contribution in [2.45, 2.75) is 51.0 Å². The molecule has 0 spiro atoms. The van der Waals surface area contributed by atoms with Crippen molar-refractivity contribution in [1.29, 1.82) is 0 Å². The number of para-hydroxylation sites is 1. The Morgan fingerprint density at radius 1 is 0.950 bits per heavy atom. The van der Waals surface area contributed by atoms with Gasteiger partial charge in [0.05, 0.1) is 28.6 Å². The highest BCUT2D eigenvalue weighted by Gasteiger charge is 2.22. The molecule has 0 fully saturated rings. The van der Waals surface area contributed by atoms with Gasteiger partial charge in [-0.15, -0.1) is 0 Å². The van der Waals surface area contributed by atoms with Crippen LogP contribution in [0, 0.1) is 0 Å². The van der Waals surface area contributed by atoms with Crippen LogP contribution in [0.25, 0.3) is 22.2 Å². The summed E-state index contributed by atoms with van der Waals surface area (Å²) in [5.41, 5.74) is 4.05. The van der Waals surface area contributed by atoms with E-state index < -0.39 is 22.0 Å². The summed E-state index contributed by atoms with van der Waals surface area (Å²) in [4.78, 5) is 29.4. The number of nitrogens with one attached hydrogen (secondary N) is 2. The third-order valence-corrected chi connectivity index (χ3v) is 7.94. The monoisotopic (exact) mass is 562 g/mol. The molecule has 0 aliphatic heterocycles. The summed E-state index contributed by atoms with van der Waals surface area (Å²) in [6.07, 6.45) is 3.44. The van der Waals surface area contributed by atoms with Crippen molar-refractivity contribution in [3.63, 3.8) is 0 Å². The number of nitrogens with zero attached hydrogens (tertiary/aromatic N) is 2. The van der Waals surface area contributed by atoms with Gasteiger partial charge in [0.1, 0.15) is 5.82 Å². The average Bonchev–Trinajstić information content (AvgIpc) is 3.31. The Morgan fingerprint density at radius 3 is 2.40 bits per heavy atom. The second-order valence-electron chi connectivity index (χ2n) is 9.44. The van der Waals surface area contributed by atoms with Crippen LogP contribution in [-0.2, 0) is 27.7 Å². The number of rotatable bonds is 11. The first-order valence-corrected chi connectivity index (χ1v) is 14.8. The van der Waals surface area contributed by atoms with Crippen LogP contribution >= 0.6 is 0 Å². The standard InChI is InChI=1S/C30H34N4O5S/c1-4-6-14-27-32-25-12-9-11-24(29(35)39-3)28(25)34(27)20-21-15-17-22(18-16-21)23-10-7-8-13-26(23)40(37,38)33-30(36)31-19-5-2/h7-13,15-18H,4-6,14,19-20H2,1-3H3,(H2,31,33,36). The van der Waals surface area contributed by atoms with Gasteiger partial charge in [-0.1, -0.05) is 68.8 Å². The van der Waals surface area contributed by atoms with E-state index in [2.05, 4.69) is 21.5 Å². The number of aryl methyl sites for hydroxylation is 1. The number of fused-ring (bicyclic) bond motifs is 1. The molecule has 9 nitrogen and oxygen atoms in total. The predicted molar refractivity (Wildman–Crippen MR) is 155 cm³/mol. The number of amides is 2. The van der Waals surface area contributed by atoms with Gasteiger partial charge in [0, 0.05) is 25.1 Å². The first kappa shape index (κ1) is 28.8. The maximum atomic E-state index is 13.0. The molecule has 2 amide bonds. The number of unbranched alkanes of at least 4 members (excludes halogenated alkanes) is 1. The Labute approximate surface area is 234 Å². The molecule has 0 unspecified atom stereocenters. The number of aromatic nitrogens is 2. The number of hydrogen-bond acceptors (Lipinski definition) is 6. The zero-order valence-corrected chi connectivity index (χ0v) is 23.8. The van der Waals surface area contributed by atoms with Gasteiger partial charge >= 0.3 is 12.0 Å². The van der Waals surface area contributed by atoms with E-state index in [-0.39, 0.29) is 4.90 Å². The first-order valence-electron chi connectivity index (χ1n) is 13.3. The van der Waals surface area contributed by atoms with E-state index in [1.807, 2.05) is 37.3 Å². The molecule has 0 atom stereocenters. The van der Waals surface area contributed by atoms with Crippen LogP contribution in [0.3, 0.4) is 0 Å². The fourth-order valence-corrected chi connectivity index (χ4v) is 5.73. The summed E-state index contributed by atoms with van der Waals surface area (Å²) in [6, 6.07) is 18.8. The molecule has 2 N–H and O–H groups in total. The molecule has 0 radical (unpaired) electrons. The van der Waals surface area contributed by atoms with Gasteiger partial charge in [0.2, 0.25) is 0 Å². The van der Waals surface area contributed by atoms with Gasteiger partial charge in [-0.25, -0.2) is 27.7 Å². The molecule has 0 saturated heterocycles. The number of ether oxygens (including phenoxy) is 1. The molecule has 1 heterocycles. The van der Waals surface area contributed by atoms with Gasteiger partial charge in [0.15, 0.2) is 0 Å². The maximum absolute atomic E-state index is 13.0. The minimum atomic E-state index is -4.09. The summed E-state index contributed by atoms with van der Waals surface area (Å²) in [7, 11) is -2.73. The Bertz CT molecular complexity index is 1610. The van der Waals surface area contributed by atoms with Crippen LogP contribution in [0.5, 0.6) is 0 Å². The Hall–Kier alpha value is -4.18. The molecule has 1 aromatic heterocycles. The molecule has 3 aromatic carbocycles. The minimum Gasteiger partial charge on any atom is -0.465 e. The molecular weight excluding hydrogens is 528 g/mol. The van der Waals surface area contributed by atoms with Crippen molar-refractivity contribution in [1.82, 2.24) is 19.6 Å². The number of methoxy groups -OCH3 is 1. The molecule has 4 aromatic rings. The van der Waals surface area contributed by atoms with Crippen molar-refractivity contribution in [3.8, 4) is 11.1 Å². The van der Waals surface area contributed by atoms with E-state index >= 15 is 0 Å². The summed E-state index contributed by atoms with van der Waals surface area (Å²) in [6.45, 7) is 4.85. The van der Waals surface area contributed by atoms with Crippen LogP contribution < -0.4 is 10.0 Å². The summed E-state index contributed by atoms with van der Waals surface area (Å²) in [5.74, 6) is 0.472. The molecular formula is C30H34N4O5S. The predicted octanol–water partition coefficient (Wildman–Crippen LogP) is 5.28. The Kier molecular flexibility index (Phi) is 9.21. The quantitative estimate of drug-likeness (QED) is 0.240. The lowest BCUT2D eigenvalue weighted by atomic mass is 10.0. The summed E-state index contributed by atoms with van der Waals surface area (Å²) < 4.78 is 35.2. The SMILES string of the molecule is CCCCc1nc2cccc(C(=O)OC)c2n1Cc1ccc(-c2ccccc2S(=O)(=O)NC(=O)NCCC)cc1. The van der Waals surface area contributed by atoms with E-state index in [9.17, 15) is 18.0 Å². The molecule has 0 saturated carbocycles. The molecule has 0 aliphatic rings. The van der Waals surface area contributed by atoms with Crippen LogP contribution in [-0.4, -0.2) is 43.6 Å². The number of sulfonamides is 1. The molecule has 10 heteroatoms. The highest BCUT2D eigenvalue weighted by Crippen LogP contribution is 2.29. The van der Waals surface area contributed by atoms with Crippen LogP contribution in [0.2, 0.25) is 0 Å². The molecule has 4 rings (SSSR count). The smallest absolute Gasteiger partial charge is 0.340 e. The number of benzene rings is 3. The van der Waals surface area contributed by atoms with E-state index in [0.717, 1.165) is 41.7 Å². The van der Waals surface area contributed by atoms with Gasteiger partial charge in [0.25, 0.3) is 10.0 Å². The van der Waals surface area contributed by atoms with Crippen LogP contribution in [0.4, 0.5) is 4.79 Å². The van der Waals surface area contributed by atoms with Crippen molar-refractivity contribution < 1.29 is 22.7 Å². The molecule has 0 aliphatic carbocycles. The van der Waals surface area contributed by atoms with E-state index in [1.165, 1.54) is 13.2 Å². The highest BCUT2D eigenvalue weighted by molar-refractivity contribution is 7.90. The Morgan fingerprint density at radius 2 is 1.70 bits per heavy atom. The highest BCUT2D eigenvalue weighted by atomic mass is 32.2. The van der Waals surface area contributed by atoms with Crippen LogP contribution in [0.1, 0.15) is 54.9 Å². The van der Waals surface area contributed by atoms with Gasteiger partial charge < -0.3 is 14.6 Å². The zero-order valence-electron chi connectivity index (χ0n) is 22.9.